The van der Waals surface area contributed by atoms with Gasteiger partial charge in [-0.15, -0.1) is 11.6 Å². The van der Waals surface area contributed by atoms with Crippen LogP contribution in [0.25, 0.3) is 0 Å². The lowest BCUT2D eigenvalue weighted by molar-refractivity contribution is -0.175. The Hall–Kier alpha value is -1.01. The van der Waals surface area contributed by atoms with Crippen LogP contribution < -0.4 is 5.32 Å². The Kier molecular flexibility index (Phi) is 7.79. The molecule has 0 heterocycles. The summed E-state index contributed by atoms with van der Waals surface area (Å²) in [5.41, 5.74) is 0.0772. The highest BCUT2D eigenvalue weighted by molar-refractivity contribution is 6.18. The Bertz CT molecular complexity index is 763. The maximum absolute atomic E-state index is 12.1. The first-order valence-electron chi connectivity index (χ1n) is 13.5. The second-order valence-corrected chi connectivity index (χ2v) is 12.7. The van der Waals surface area contributed by atoms with Gasteiger partial charge in [0.05, 0.1) is 6.10 Å². The Labute approximate surface area is 209 Å². The maximum atomic E-state index is 12.1. The summed E-state index contributed by atoms with van der Waals surface area (Å²) in [6.45, 7) is 7.37. The number of alkyl halides is 1. The van der Waals surface area contributed by atoms with E-state index in [0.717, 1.165) is 38.5 Å². The number of alkyl carbamates (subject to hydrolysis) is 1. The summed E-state index contributed by atoms with van der Waals surface area (Å²) in [7, 11) is 0. The molecule has 34 heavy (non-hydrogen) atoms. The molecule has 0 bridgehead atoms. The van der Waals surface area contributed by atoms with Crippen molar-refractivity contribution < 1.29 is 24.5 Å². The minimum atomic E-state index is -0.724. The number of rotatable bonds is 7. The lowest BCUT2D eigenvalue weighted by Gasteiger charge is -2.62. The molecule has 0 unspecified atom stereocenters. The number of carboxylic acids is 1. The van der Waals surface area contributed by atoms with Crippen molar-refractivity contribution in [1.82, 2.24) is 5.32 Å². The number of aliphatic hydroxyl groups excluding tert-OH is 1. The van der Waals surface area contributed by atoms with Gasteiger partial charge in [0.25, 0.3) is 0 Å². The number of aliphatic carboxylic acids is 1. The predicted octanol–water partition coefficient (Wildman–Crippen LogP) is 5.45. The molecule has 6 nitrogen and oxygen atoms in total. The van der Waals surface area contributed by atoms with Gasteiger partial charge in [0.1, 0.15) is 6.10 Å². The van der Waals surface area contributed by atoms with E-state index >= 15 is 0 Å². The molecule has 194 valence electrons. The number of hydrogen-bond acceptors (Lipinski definition) is 4. The zero-order valence-electron chi connectivity index (χ0n) is 21.1. The lowest BCUT2D eigenvalue weighted by Crippen LogP contribution is -2.59. The average Bonchev–Trinajstić information content (AvgIpc) is 3.16. The first-order valence-corrected chi connectivity index (χ1v) is 14.0. The minimum absolute atomic E-state index is 0.0327. The largest absolute Gasteiger partial charge is 0.481 e. The van der Waals surface area contributed by atoms with Gasteiger partial charge in [-0.25, -0.2) is 4.79 Å². The van der Waals surface area contributed by atoms with Crippen molar-refractivity contribution >= 4 is 23.7 Å². The molecule has 0 aliphatic heterocycles. The first kappa shape index (κ1) is 26.1. The van der Waals surface area contributed by atoms with E-state index in [4.69, 9.17) is 21.4 Å². The van der Waals surface area contributed by atoms with Crippen molar-refractivity contribution in [1.29, 1.82) is 0 Å². The van der Waals surface area contributed by atoms with Gasteiger partial charge in [0.2, 0.25) is 0 Å². The number of carbonyl (C=O) groups is 2. The molecule has 0 aromatic carbocycles. The van der Waals surface area contributed by atoms with Crippen LogP contribution in [0.2, 0.25) is 0 Å². The van der Waals surface area contributed by atoms with Gasteiger partial charge in [0, 0.05) is 18.8 Å². The van der Waals surface area contributed by atoms with Crippen molar-refractivity contribution in [2.24, 2.45) is 46.3 Å². The van der Waals surface area contributed by atoms with Crippen LogP contribution in [-0.4, -0.2) is 46.9 Å². The van der Waals surface area contributed by atoms with Gasteiger partial charge in [0.15, 0.2) is 0 Å². The fraction of sp³-hybridized carbons (Fsp3) is 0.926. The van der Waals surface area contributed by atoms with Crippen LogP contribution in [0.1, 0.15) is 85.0 Å². The van der Waals surface area contributed by atoms with Crippen molar-refractivity contribution in [3.8, 4) is 0 Å². The number of carbonyl (C=O) groups excluding carboxylic acids is 1. The van der Waals surface area contributed by atoms with Crippen LogP contribution in [0.4, 0.5) is 4.79 Å². The third-order valence-corrected chi connectivity index (χ3v) is 11.1. The van der Waals surface area contributed by atoms with Crippen LogP contribution in [-0.2, 0) is 9.53 Å². The quantitative estimate of drug-likeness (QED) is 0.406. The third kappa shape index (κ3) is 4.58. The monoisotopic (exact) mass is 497 g/mol. The Morgan fingerprint density at radius 2 is 1.88 bits per heavy atom. The number of halogens is 1. The van der Waals surface area contributed by atoms with Crippen molar-refractivity contribution in [3.05, 3.63) is 0 Å². The summed E-state index contributed by atoms with van der Waals surface area (Å²) < 4.78 is 5.71. The van der Waals surface area contributed by atoms with Gasteiger partial charge in [-0.05, 0) is 104 Å². The molecule has 1 amide bonds. The normalized spacial score (nSPS) is 44.3. The van der Waals surface area contributed by atoms with Crippen LogP contribution in [0, 0.1) is 46.3 Å². The summed E-state index contributed by atoms with van der Waals surface area (Å²) in [5.74, 6) is 2.57. The number of aliphatic hydroxyl groups is 1. The SMILES string of the molecule is C[C@H](CCC(=O)O)[C@H]1CC[C@H]2[C@@H]3CC[C@@H]4C[C@H](OC(=O)NCCCl)CC[C@]4(C)[C@H]3C[C@H](O)[C@]12C. The first-order chi connectivity index (χ1) is 16.1. The molecular weight excluding hydrogens is 454 g/mol. The van der Waals surface area contributed by atoms with Crippen molar-refractivity contribution in [2.45, 2.75) is 97.2 Å². The van der Waals surface area contributed by atoms with Crippen LogP contribution in [0.3, 0.4) is 0 Å². The summed E-state index contributed by atoms with van der Waals surface area (Å²) in [5, 5.41) is 23.5. The van der Waals surface area contributed by atoms with Gasteiger partial charge in [-0.1, -0.05) is 20.8 Å². The van der Waals surface area contributed by atoms with Crippen LogP contribution >= 0.6 is 11.6 Å². The molecular formula is C27H44ClNO5. The molecule has 3 N–H and O–H groups in total. The molecule has 0 spiro atoms. The standard InChI is InChI=1S/C27H44ClNO5/c1-16(4-9-24(31)32)20-7-8-21-19-6-5-17-14-18(34-25(33)29-13-12-28)10-11-26(17,2)22(19)15-23(30)27(20,21)3/h16-23,30H,4-15H2,1-3H3,(H,29,33)(H,31,32)/t16-,17-,18-,19+,20-,21+,22+,23+,26+,27-/m1/s1. The summed E-state index contributed by atoms with van der Waals surface area (Å²) in [6.07, 6.45) is 8.52. The zero-order chi connectivity index (χ0) is 24.7. The van der Waals surface area contributed by atoms with Gasteiger partial charge < -0.3 is 20.3 Å². The van der Waals surface area contributed by atoms with Gasteiger partial charge in [-0.2, -0.15) is 0 Å². The summed E-state index contributed by atoms with van der Waals surface area (Å²) >= 11 is 5.66. The van der Waals surface area contributed by atoms with E-state index in [9.17, 15) is 14.7 Å². The highest BCUT2D eigenvalue weighted by Crippen LogP contribution is 2.68. The molecule has 0 aromatic rings. The van der Waals surface area contributed by atoms with E-state index in [1.54, 1.807) is 0 Å². The number of nitrogens with one attached hydrogen (secondary N) is 1. The molecule has 10 atom stereocenters. The fourth-order valence-corrected chi connectivity index (χ4v) is 9.24. The fourth-order valence-electron chi connectivity index (χ4n) is 9.15. The van der Waals surface area contributed by atoms with E-state index < -0.39 is 5.97 Å². The topological polar surface area (TPSA) is 95.9 Å². The van der Waals surface area contributed by atoms with E-state index in [1.807, 2.05) is 0 Å². The van der Waals surface area contributed by atoms with E-state index in [1.165, 1.54) is 12.8 Å². The van der Waals surface area contributed by atoms with E-state index in [-0.39, 0.29) is 35.6 Å². The molecule has 4 fully saturated rings. The zero-order valence-corrected chi connectivity index (χ0v) is 21.9. The lowest BCUT2D eigenvalue weighted by atomic mass is 9.43. The second-order valence-electron chi connectivity index (χ2n) is 12.3. The van der Waals surface area contributed by atoms with Crippen LogP contribution in [0.5, 0.6) is 0 Å². The molecule has 4 aliphatic rings. The number of carboxylic acid groups (broad SMARTS) is 1. The molecule has 4 saturated carbocycles. The number of fused-ring (bicyclic) bond motifs is 5. The minimum Gasteiger partial charge on any atom is -0.481 e. The smallest absolute Gasteiger partial charge is 0.407 e. The maximum Gasteiger partial charge on any atom is 0.407 e. The van der Waals surface area contributed by atoms with Gasteiger partial charge in [-0.3, -0.25) is 4.79 Å². The number of amides is 1. The van der Waals surface area contributed by atoms with E-state index in [0.29, 0.717) is 54.4 Å². The summed E-state index contributed by atoms with van der Waals surface area (Å²) in [6, 6.07) is 0. The average molecular weight is 498 g/mol. The Balaban J connectivity index is 1.45. The second kappa shape index (κ2) is 10.2. The number of hydrogen-bond donors (Lipinski definition) is 3. The highest BCUT2D eigenvalue weighted by Gasteiger charge is 2.63. The van der Waals surface area contributed by atoms with Crippen molar-refractivity contribution in [2.75, 3.05) is 12.4 Å². The Morgan fingerprint density at radius 1 is 1.12 bits per heavy atom. The predicted molar refractivity (Wildman–Crippen MR) is 132 cm³/mol. The number of ether oxygens (including phenoxy) is 1. The molecule has 0 radical (unpaired) electrons. The molecule has 4 rings (SSSR count). The third-order valence-electron chi connectivity index (χ3n) is 10.9. The highest BCUT2D eigenvalue weighted by atomic mass is 35.5. The van der Waals surface area contributed by atoms with Crippen molar-refractivity contribution in [3.63, 3.8) is 0 Å². The van der Waals surface area contributed by atoms with Crippen LogP contribution in [0.15, 0.2) is 0 Å². The molecule has 7 heteroatoms. The molecule has 0 aromatic heterocycles. The Morgan fingerprint density at radius 3 is 2.59 bits per heavy atom. The molecule has 4 aliphatic carbocycles. The van der Waals surface area contributed by atoms with Gasteiger partial charge >= 0.3 is 12.1 Å². The van der Waals surface area contributed by atoms with E-state index in [2.05, 4.69) is 26.1 Å². The summed E-state index contributed by atoms with van der Waals surface area (Å²) in [4.78, 5) is 23.2. The molecule has 0 saturated heterocycles.